The van der Waals surface area contributed by atoms with Gasteiger partial charge in [-0.2, -0.15) is 0 Å². The average Bonchev–Trinajstić information content (AvgIpc) is 2.85. The van der Waals surface area contributed by atoms with E-state index in [0.717, 1.165) is 43.7 Å². The summed E-state index contributed by atoms with van der Waals surface area (Å²) in [6.45, 7) is 2.41. The van der Waals surface area contributed by atoms with Crippen molar-refractivity contribution in [1.82, 2.24) is 9.97 Å². The molecule has 1 N–H and O–H groups in total. The van der Waals surface area contributed by atoms with Crippen LogP contribution in [0.15, 0.2) is 48.8 Å². The second-order valence-corrected chi connectivity index (χ2v) is 8.27. The van der Waals surface area contributed by atoms with Crippen LogP contribution in [0.5, 0.6) is 5.75 Å². The Morgan fingerprint density at radius 1 is 1.09 bits per heavy atom. The largest absolute Gasteiger partial charge is 0.494 e. The van der Waals surface area contributed by atoms with Crippen molar-refractivity contribution in [3.8, 4) is 17.0 Å². The average molecular weight is 452 g/mol. The third-order valence-corrected chi connectivity index (χ3v) is 5.89. The Morgan fingerprint density at radius 3 is 2.67 bits per heavy atom. The summed E-state index contributed by atoms with van der Waals surface area (Å²) in [5.41, 5.74) is 1.38. The van der Waals surface area contributed by atoms with Crippen LogP contribution in [0.4, 0.5) is 14.5 Å². The van der Waals surface area contributed by atoms with Crippen LogP contribution < -0.4 is 10.1 Å². The minimum Gasteiger partial charge on any atom is -0.494 e. The van der Waals surface area contributed by atoms with E-state index >= 15 is 0 Å². The molecule has 5 nitrogen and oxygen atoms in total. The molecule has 1 fully saturated rings. The van der Waals surface area contributed by atoms with E-state index in [0.29, 0.717) is 24.0 Å². The molecule has 0 saturated heterocycles. The summed E-state index contributed by atoms with van der Waals surface area (Å²) >= 11 is 0. The maximum atomic E-state index is 14.6. The molecule has 1 aliphatic rings. The summed E-state index contributed by atoms with van der Waals surface area (Å²) in [7, 11) is 0. The number of ether oxygens (including phenoxy) is 1. The van der Waals surface area contributed by atoms with Gasteiger partial charge in [-0.05, 0) is 67.1 Å². The van der Waals surface area contributed by atoms with Gasteiger partial charge in [0.15, 0.2) is 0 Å². The van der Waals surface area contributed by atoms with Crippen molar-refractivity contribution in [2.24, 2.45) is 0 Å². The number of aromatic nitrogens is 2. The number of nitrogens with one attached hydrogen (secondary N) is 1. The number of nitrogens with zero attached hydrogens (tertiary/aromatic N) is 2. The molecule has 2 aromatic heterocycles. The molecule has 1 saturated carbocycles. The topological polar surface area (TPSA) is 64.1 Å². The van der Waals surface area contributed by atoms with Gasteiger partial charge in [0.2, 0.25) is 0 Å². The first kappa shape index (κ1) is 22.8. The Bertz CT molecular complexity index is 1130. The van der Waals surface area contributed by atoms with E-state index in [1.165, 1.54) is 30.7 Å². The Labute approximate surface area is 192 Å². The highest BCUT2D eigenvalue weighted by Crippen LogP contribution is 2.36. The summed E-state index contributed by atoms with van der Waals surface area (Å²) in [6, 6.07) is 8.45. The third-order valence-electron chi connectivity index (χ3n) is 5.89. The SMILES string of the molecule is CCCOc1ccc(F)c(-c2nc(C(=O)Nc3cnccc3C3CCCCC3)ccc2F)c1. The van der Waals surface area contributed by atoms with Gasteiger partial charge in [0.1, 0.15) is 28.8 Å². The summed E-state index contributed by atoms with van der Waals surface area (Å²) in [5, 5.41) is 2.87. The highest BCUT2D eigenvalue weighted by molar-refractivity contribution is 6.03. The molecule has 0 bridgehead atoms. The molecular formula is C26H27F2N3O2. The number of amides is 1. The zero-order chi connectivity index (χ0) is 23.2. The predicted molar refractivity (Wildman–Crippen MR) is 123 cm³/mol. The molecule has 0 unspecified atom stereocenters. The molecule has 0 spiro atoms. The first-order valence-corrected chi connectivity index (χ1v) is 11.4. The van der Waals surface area contributed by atoms with Crippen LogP contribution >= 0.6 is 0 Å². The van der Waals surface area contributed by atoms with Crippen molar-refractivity contribution in [3.63, 3.8) is 0 Å². The molecule has 1 amide bonds. The lowest BCUT2D eigenvalue weighted by Gasteiger charge is -2.24. The molecule has 1 aromatic carbocycles. The molecular weight excluding hydrogens is 424 g/mol. The highest BCUT2D eigenvalue weighted by Gasteiger charge is 2.21. The smallest absolute Gasteiger partial charge is 0.274 e. The van der Waals surface area contributed by atoms with Crippen molar-refractivity contribution < 1.29 is 18.3 Å². The highest BCUT2D eigenvalue weighted by atomic mass is 19.1. The molecule has 0 aliphatic heterocycles. The van der Waals surface area contributed by atoms with Crippen molar-refractivity contribution in [2.45, 2.75) is 51.4 Å². The minimum atomic E-state index is -0.720. The number of halogens is 2. The van der Waals surface area contributed by atoms with Gasteiger partial charge in [-0.3, -0.25) is 9.78 Å². The fraction of sp³-hybridized carbons (Fsp3) is 0.346. The quantitative estimate of drug-likeness (QED) is 0.445. The van der Waals surface area contributed by atoms with Crippen molar-refractivity contribution in [2.75, 3.05) is 11.9 Å². The second kappa shape index (κ2) is 10.5. The van der Waals surface area contributed by atoms with Crippen LogP contribution in [0.25, 0.3) is 11.3 Å². The lowest BCUT2D eigenvalue weighted by molar-refractivity contribution is 0.102. The van der Waals surface area contributed by atoms with E-state index < -0.39 is 17.5 Å². The monoisotopic (exact) mass is 451 g/mol. The minimum absolute atomic E-state index is 0.0101. The number of carbonyl (C=O) groups is 1. The Balaban J connectivity index is 1.61. The third kappa shape index (κ3) is 5.35. The normalized spacial score (nSPS) is 14.2. The number of carbonyl (C=O) groups excluding carboxylic acids is 1. The molecule has 0 atom stereocenters. The van der Waals surface area contributed by atoms with Gasteiger partial charge in [0.25, 0.3) is 5.91 Å². The van der Waals surface area contributed by atoms with E-state index in [2.05, 4.69) is 15.3 Å². The molecule has 2 heterocycles. The summed E-state index contributed by atoms with van der Waals surface area (Å²) < 4.78 is 34.7. The van der Waals surface area contributed by atoms with Gasteiger partial charge in [-0.25, -0.2) is 13.8 Å². The van der Waals surface area contributed by atoms with Crippen LogP contribution in [0.3, 0.4) is 0 Å². The first-order chi connectivity index (χ1) is 16.1. The summed E-state index contributed by atoms with van der Waals surface area (Å²) in [5.74, 6) is -1.08. The number of rotatable bonds is 7. The fourth-order valence-electron chi connectivity index (χ4n) is 4.22. The Morgan fingerprint density at radius 2 is 1.88 bits per heavy atom. The van der Waals surface area contributed by atoms with Crippen molar-refractivity contribution in [3.05, 3.63) is 71.7 Å². The summed E-state index contributed by atoms with van der Waals surface area (Å²) in [4.78, 5) is 21.3. The number of pyridine rings is 2. The van der Waals surface area contributed by atoms with Crippen molar-refractivity contribution in [1.29, 1.82) is 0 Å². The molecule has 3 aromatic rings. The number of anilines is 1. The lowest BCUT2D eigenvalue weighted by atomic mass is 9.84. The summed E-state index contributed by atoms with van der Waals surface area (Å²) in [6.07, 6.45) is 9.83. The van der Waals surface area contributed by atoms with E-state index in [9.17, 15) is 13.6 Å². The maximum absolute atomic E-state index is 14.6. The van der Waals surface area contributed by atoms with E-state index in [4.69, 9.17) is 4.74 Å². The molecule has 0 radical (unpaired) electrons. The number of hydrogen-bond acceptors (Lipinski definition) is 4. The Kier molecular flexibility index (Phi) is 7.27. The van der Waals surface area contributed by atoms with Gasteiger partial charge < -0.3 is 10.1 Å². The van der Waals surface area contributed by atoms with Gasteiger partial charge >= 0.3 is 0 Å². The van der Waals surface area contributed by atoms with Crippen molar-refractivity contribution >= 4 is 11.6 Å². The lowest BCUT2D eigenvalue weighted by Crippen LogP contribution is -2.17. The van der Waals surface area contributed by atoms with Gasteiger partial charge in [-0.15, -0.1) is 0 Å². The van der Waals surface area contributed by atoms with Gasteiger partial charge in [0, 0.05) is 11.8 Å². The second-order valence-electron chi connectivity index (χ2n) is 8.27. The zero-order valence-electron chi connectivity index (χ0n) is 18.6. The Hall–Kier alpha value is -3.35. The van der Waals surface area contributed by atoms with Crippen LogP contribution in [-0.4, -0.2) is 22.5 Å². The van der Waals surface area contributed by atoms with Crippen LogP contribution in [-0.2, 0) is 0 Å². The first-order valence-electron chi connectivity index (χ1n) is 11.4. The van der Waals surface area contributed by atoms with Crippen LogP contribution in [0.1, 0.15) is 67.4 Å². The van der Waals surface area contributed by atoms with Crippen LogP contribution in [0.2, 0.25) is 0 Å². The van der Waals surface area contributed by atoms with E-state index in [-0.39, 0.29) is 17.0 Å². The van der Waals surface area contributed by atoms with Crippen LogP contribution in [0, 0.1) is 11.6 Å². The van der Waals surface area contributed by atoms with E-state index in [1.54, 1.807) is 12.4 Å². The van der Waals surface area contributed by atoms with Gasteiger partial charge in [-0.1, -0.05) is 26.2 Å². The molecule has 172 valence electrons. The fourth-order valence-corrected chi connectivity index (χ4v) is 4.22. The zero-order valence-corrected chi connectivity index (χ0v) is 18.6. The molecule has 4 rings (SSSR count). The predicted octanol–water partition coefficient (Wildman–Crippen LogP) is 6.51. The molecule has 33 heavy (non-hydrogen) atoms. The molecule has 7 heteroatoms. The number of hydrogen-bond donors (Lipinski definition) is 1. The standard InChI is InChI=1S/C26H27F2N3O2/c1-2-14-33-18-8-9-21(27)20(15-18)25-22(28)10-11-23(30-25)26(32)31-24-16-29-13-12-19(24)17-6-4-3-5-7-17/h8-13,15-17H,2-7,14H2,1H3,(H,31,32). The maximum Gasteiger partial charge on any atom is 0.274 e. The van der Waals surface area contributed by atoms with E-state index in [1.807, 2.05) is 13.0 Å². The van der Waals surface area contributed by atoms with Gasteiger partial charge in [0.05, 0.1) is 18.5 Å². The number of benzene rings is 1. The molecule has 1 aliphatic carbocycles.